The fourth-order valence-corrected chi connectivity index (χ4v) is 3.16. The normalized spacial score (nSPS) is 11.1. The molecule has 0 aliphatic carbocycles. The van der Waals surface area contributed by atoms with E-state index in [1.54, 1.807) is 13.2 Å². The van der Waals surface area contributed by atoms with Gasteiger partial charge >= 0.3 is 0 Å². The molecule has 1 aromatic carbocycles. The van der Waals surface area contributed by atoms with Gasteiger partial charge in [0, 0.05) is 17.0 Å². The third-order valence-corrected chi connectivity index (χ3v) is 4.09. The molecule has 5 nitrogen and oxygen atoms in total. The van der Waals surface area contributed by atoms with Crippen LogP contribution in [0.2, 0.25) is 0 Å². The largest absolute Gasteiger partial charge is 0.496 e. The first-order valence-electron chi connectivity index (χ1n) is 7.65. The first kappa shape index (κ1) is 18.4. The zero-order valence-electron chi connectivity index (χ0n) is 14.3. The van der Waals surface area contributed by atoms with E-state index in [9.17, 15) is 9.18 Å². The second-order valence-electron chi connectivity index (χ2n) is 5.87. The maximum Gasteiger partial charge on any atom is 0.234 e. The van der Waals surface area contributed by atoms with E-state index in [4.69, 9.17) is 4.74 Å². The molecule has 0 spiro atoms. The first-order valence-corrected chi connectivity index (χ1v) is 8.53. The van der Waals surface area contributed by atoms with Crippen molar-refractivity contribution in [2.45, 2.75) is 26.4 Å². The topological polar surface area (TPSA) is 54.5 Å². The Morgan fingerprint density at radius 1 is 1.46 bits per heavy atom. The molecule has 1 amide bonds. The number of rotatable bonds is 7. The minimum atomic E-state index is -0.331. The molecular formula is C17H22FN3O2S. The Kier molecular flexibility index (Phi) is 6.28. The SMILES string of the molecule is COc1ccc(F)cc1-c1csc(CN(C)CC(=O)NC(C)C)n1. The van der Waals surface area contributed by atoms with Crippen molar-refractivity contribution in [3.8, 4) is 17.0 Å². The summed E-state index contributed by atoms with van der Waals surface area (Å²) in [5.41, 5.74) is 1.30. The van der Waals surface area contributed by atoms with E-state index in [-0.39, 0.29) is 17.8 Å². The number of ether oxygens (including phenoxy) is 1. The predicted octanol–water partition coefficient (Wildman–Crippen LogP) is 2.91. The number of carbonyl (C=O) groups is 1. The van der Waals surface area contributed by atoms with E-state index in [1.807, 2.05) is 31.2 Å². The minimum Gasteiger partial charge on any atom is -0.496 e. The van der Waals surface area contributed by atoms with Gasteiger partial charge in [0.1, 0.15) is 16.6 Å². The number of carbonyl (C=O) groups excluding carboxylic acids is 1. The molecule has 2 rings (SSSR count). The van der Waals surface area contributed by atoms with Gasteiger partial charge in [0.2, 0.25) is 5.91 Å². The second-order valence-corrected chi connectivity index (χ2v) is 6.81. The Hall–Kier alpha value is -1.99. The number of hydrogen-bond donors (Lipinski definition) is 1. The number of hydrogen-bond acceptors (Lipinski definition) is 5. The van der Waals surface area contributed by atoms with Crippen molar-refractivity contribution in [1.29, 1.82) is 0 Å². The second kappa shape index (κ2) is 8.21. The van der Waals surface area contributed by atoms with Crippen LogP contribution in [0.15, 0.2) is 23.6 Å². The Labute approximate surface area is 145 Å². The molecule has 0 saturated heterocycles. The lowest BCUT2D eigenvalue weighted by Crippen LogP contribution is -2.38. The Balaban J connectivity index is 2.06. The highest BCUT2D eigenvalue weighted by molar-refractivity contribution is 7.09. The predicted molar refractivity (Wildman–Crippen MR) is 93.7 cm³/mol. The molecule has 0 bridgehead atoms. The molecule has 7 heteroatoms. The average molecular weight is 351 g/mol. The Morgan fingerprint density at radius 3 is 2.88 bits per heavy atom. The summed E-state index contributed by atoms with van der Waals surface area (Å²) >= 11 is 1.48. The first-order chi connectivity index (χ1) is 11.4. The number of methoxy groups -OCH3 is 1. The van der Waals surface area contributed by atoms with E-state index < -0.39 is 0 Å². The third kappa shape index (κ3) is 5.01. The van der Waals surface area contributed by atoms with Crippen molar-refractivity contribution in [2.75, 3.05) is 20.7 Å². The van der Waals surface area contributed by atoms with Crippen molar-refractivity contribution in [2.24, 2.45) is 0 Å². The van der Waals surface area contributed by atoms with Crippen LogP contribution in [0.25, 0.3) is 11.3 Å². The van der Waals surface area contributed by atoms with Crippen LogP contribution in [0.3, 0.4) is 0 Å². The number of aromatic nitrogens is 1. The average Bonchev–Trinajstić information content (AvgIpc) is 2.94. The summed E-state index contributed by atoms with van der Waals surface area (Å²) in [4.78, 5) is 18.2. The van der Waals surface area contributed by atoms with E-state index in [2.05, 4.69) is 10.3 Å². The van der Waals surface area contributed by atoms with Crippen LogP contribution in [0, 0.1) is 5.82 Å². The summed E-state index contributed by atoms with van der Waals surface area (Å²) in [6.07, 6.45) is 0. The van der Waals surface area contributed by atoms with Crippen LogP contribution in [0.4, 0.5) is 4.39 Å². The van der Waals surface area contributed by atoms with E-state index in [0.29, 0.717) is 30.1 Å². The van der Waals surface area contributed by atoms with Crippen molar-refractivity contribution >= 4 is 17.2 Å². The highest BCUT2D eigenvalue weighted by Gasteiger charge is 2.14. The monoisotopic (exact) mass is 351 g/mol. The van der Waals surface area contributed by atoms with Crippen LogP contribution in [-0.2, 0) is 11.3 Å². The quantitative estimate of drug-likeness (QED) is 0.833. The zero-order chi connectivity index (χ0) is 17.7. The fourth-order valence-electron chi connectivity index (χ4n) is 2.29. The molecule has 1 aromatic heterocycles. The fraction of sp³-hybridized carbons (Fsp3) is 0.412. The van der Waals surface area contributed by atoms with Gasteiger partial charge in [-0.2, -0.15) is 0 Å². The van der Waals surface area contributed by atoms with Crippen LogP contribution < -0.4 is 10.1 Å². The van der Waals surface area contributed by atoms with Crippen molar-refractivity contribution in [3.05, 3.63) is 34.4 Å². The highest BCUT2D eigenvalue weighted by Crippen LogP contribution is 2.31. The van der Waals surface area contributed by atoms with Crippen LogP contribution in [0.1, 0.15) is 18.9 Å². The summed E-state index contributed by atoms with van der Waals surface area (Å²) in [7, 11) is 3.41. The van der Waals surface area contributed by atoms with Gasteiger partial charge in [-0.25, -0.2) is 9.37 Å². The van der Waals surface area contributed by atoms with Crippen molar-refractivity contribution in [1.82, 2.24) is 15.2 Å². The maximum atomic E-state index is 13.5. The number of likely N-dealkylation sites (N-methyl/N-ethyl adjacent to an activating group) is 1. The van der Waals surface area contributed by atoms with E-state index >= 15 is 0 Å². The van der Waals surface area contributed by atoms with Gasteiger partial charge in [-0.05, 0) is 39.1 Å². The van der Waals surface area contributed by atoms with Gasteiger partial charge in [0.05, 0.1) is 25.9 Å². The minimum absolute atomic E-state index is 0.0175. The smallest absolute Gasteiger partial charge is 0.234 e. The van der Waals surface area contributed by atoms with Gasteiger partial charge in [0.15, 0.2) is 0 Å². The molecule has 0 fully saturated rings. The van der Waals surface area contributed by atoms with Crippen molar-refractivity contribution < 1.29 is 13.9 Å². The molecule has 0 atom stereocenters. The molecule has 0 aliphatic rings. The van der Waals surface area contributed by atoms with Gasteiger partial charge in [-0.15, -0.1) is 11.3 Å². The third-order valence-electron chi connectivity index (χ3n) is 3.26. The van der Waals surface area contributed by atoms with E-state index in [1.165, 1.54) is 23.5 Å². The molecule has 130 valence electrons. The standard InChI is InChI=1S/C17H22FN3O2S/c1-11(2)19-16(22)8-21(3)9-17-20-14(10-24-17)13-7-12(18)5-6-15(13)23-4/h5-7,10-11H,8-9H2,1-4H3,(H,19,22). The molecular weight excluding hydrogens is 329 g/mol. The highest BCUT2D eigenvalue weighted by atomic mass is 32.1. The van der Waals surface area contributed by atoms with Gasteiger partial charge in [-0.3, -0.25) is 9.69 Å². The number of halogens is 1. The molecule has 24 heavy (non-hydrogen) atoms. The molecule has 0 unspecified atom stereocenters. The van der Waals surface area contributed by atoms with Crippen LogP contribution >= 0.6 is 11.3 Å². The number of nitrogens with zero attached hydrogens (tertiary/aromatic N) is 2. The molecule has 2 aromatic rings. The Bertz CT molecular complexity index is 703. The van der Waals surface area contributed by atoms with Crippen LogP contribution in [0.5, 0.6) is 5.75 Å². The molecule has 0 radical (unpaired) electrons. The molecule has 1 N–H and O–H groups in total. The molecule has 0 saturated carbocycles. The number of nitrogens with one attached hydrogen (secondary N) is 1. The lowest BCUT2D eigenvalue weighted by molar-refractivity contribution is -0.122. The van der Waals surface area contributed by atoms with Gasteiger partial charge < -0.3 is 10.1 Å². The van der Waals surface area contributed by atoms with Gasteiger partial charge in [-0.1, -0.05) is 0 Å². The van der Waals surface area contributed by atoms with Crippen molar-refractivity contribution in [3.63, 3.8) is 0 Å². The number of amides is 1. The Morgan fingerprint density at radius 2 is 2.21 bits per heavy atom. The summed E-state index contributed by atoms with van der Waals surface area (Å²) in [5.74, 6) is 0.233. The number of benzene rings is 1. The molecule has 1 heterocycles. The van der Waals surface area contributed by atoms with Crippen LogP contribution in [-0.4, -0.2) is 42.5 Å². The molecule has 0 aliphatic heterocycles. The summed E-state index contributed by atoms with van der Waals surface area (Å²) in [6, 6.07) is 4.48. The zero-order valence-corrected chi connectivity index (χ0v) is 15.1. The summed E-state index contributed by atoms with van der Waals surface area (Å²) in [6.45, 7) is 4.71. The lowest BCUT2D eigenvalue weighted by Gasteiger charge is -2.16. The lowest BCUT2D eigenvalue weighted by atomic mass is 10.1. The maximum absolute atomic E-state index is 13.5. The summed E-state index contributed by atoms with van der Waals surface area (Å²) < 4.78 is 18.8. The van der Waals surface area contributed by atoms with E-state index in [0.717, 1.165) is 5.01 Å². The number of thiazole rings is 1. The summed E-state index contributed by atoms with van der Waals surface area (Å²) in [5, 5.41) is 5.58. The van der Waals surface area contributed by atoms with Gasteiger partial charge in [0.25, 0.3) is 0 Å².